The average molecular weight is 390 g/mol. The van der Waals surface area contributed by atoms with Gasteiger partial charge in [-0.05, 0) is 25.0 Å². The largest absolute Gasteiger partial charge is 0.479 e. The normalized spacial score (nSPS) is 11.5. The number of rotatable bonds is 5. The number of carbonyl (C=O) groups is 1. The smallest absolute Gasteiger partial charge is 0.438 e. The summed E-state index contributed by atoms with van der Waals surface area (Å²) in [6, 6.07) is 13.7. The molecule has 2 aromatic carbocycles. The lowest BCUT2D eigenvalue weighted by molar-refractivity contribution is -0.145. The number of halogens is 3. The summed E-state index contributed by atoms with van der Waals surface area (Å²) in [6.45, 7) is 2.59. The number of aryl methyl sites for hydroxylation is 2. The van der Waals surface area contributed by atoms with Gasteiger partial charge in [0, 0.05) is 5.56 Å². The van der Waals surface area contributed by atoms with Crippen LogP contribution in [0.5, 0.6) is 5.88 Å². The highest BCUT2D eigenvalue weighted by Crippen LogP contribution is 2.41. The molecule has 0 fully saturated rings. The van der Waals surface area contributed by atoms with Crippen molar-refractivity contribution in [2.45, 2.75) is 20.0 Å². The summed E-state index contributed by atoms with van der Waals surface area (Å²) in [5.74, 6) is -2.01. The van der Waals surface area contributed by atoms with Crippen LogP contribution in [0, 0.1) is 13.8 Å². The lowest BCUT2D eigenvalue weighted by Gasteiger charge is -2.17. The predicted molar refractivity (Wildman–Crippen MR) is 96.6 cm³/mol. The number of para-hydroxylation sites is 1. The van der Waals surface area contributed by atoms with Crippen LogP contribution in [-0.4, -0.2) is 27.2 Å². The molecule has 1 heterocycles. The molecule has 3 rings (SSSR count). The van der Waals surface area contributed by atoms with E-state index >= 15 is 0 Å². The van der Waals surface area contributed by atoms with Gasteiger partial charge in [0.1, 0.15) is 5.82 Å². The molecule has 0 amide bonds. The number of ether oxygens (including phenoxy) is 1. The van der Waals surface area contributed by atoms with Crippen LogP contribution >= 0.6 is 0 Å². The number of nitrogens with zero attached hydrogens (tertiary/aromatic N) is 2. The Kier molecular flexibility index (Phi) is 5.13. The molecule has 28 heavy (non-hydrogen) atoms. The summed E-state index contributed by atoms with van der Waals surface area (Å²) in [6.07, 6.45) is -4.82. The minimum atomic E-state index is -4.82. The van der Waals surface area contributed by atoms with E-state index in [9.17, 15) is 18.0 Å². The summed E-state index contributed by atoms with van der Waals surface area (Å²) in [5.41, 5.74) is 1.03. The SMILES string of the molecule is Cc1cccc(C)c1-n1c(-c2ccccc2)nc(C(F)(F)F)c1OCC(=O)O. The highest BCUT2D eigenvalue weighted by Gasteiger charge is 2.41. The Morgan fingerprint density at radius 1 is 1.07 bits per heavy atom. The van der Waals surface area contributed by atoms with E-state index in [1.165, 1.54) is 4.57 Å². The zero-order valence-corrected chi connectivity index (χ0v) is 15.1. The maximum absolute atomic E-state index is 13.7. The monoisotopic (exact) mass is 390 g/mol. The molecule has 146 valence electrons. The third-order valence-electron chi connectivity index (χ3n) is 4.13. The van der Waals surface area contributed by atoms with Crippen molar-refractivity contribution >= 4 is 5.97 Å². The molecule has 1 N–H and O–H groups in total. The number of aromatic nitrogens is 2. The summed E-state index contributed by atoms with van der Waals surface area (Å²) in [4.78, 5) is 14.8. The summed E-state index contributed by atoms with van der Waals surface area (Å²) < 4.78 is 47.4. The third kappa shape index (κ3) is 3.71. The van der Waals surface area contributed by atoms with Crippen LogP contribution in [0.25, 0.3) is 17.1 Å². The number of carboxylic acid groups (broad SMARTS) is 1. The molecule has 0 unspecified atom stereocenters. The number of hydrogen-bond donors (Lipinski definition) is 1. The standard InChI is InChI=1S/C20H17F3N2O3/c1-12-7-6-8-13(2)16(12)25-18(14-9-4-3-5-10-14)24-17(20(21,22)23)19(25)28-11-15(26)27/h3-10H,11H2,1-2H3,(H,26,27). The van der Waals surface area contributed by atoms with Gasteiger partial charge in [0.05, 0.1) is 5.69 Å². The average Bonchev–Trinajstić information content (AvgIpc) is 3.00. The van der Waals surface area contributed by atoms with E-state index in [0.29, 0.717) is 22.4 Å². The maximum Gasteiger partial charge on any atom is 0.438 e. The number of imidazole rings is 1. The van der Waals surface area contributed by atoms with Gasteiger partial charge < -0.3 is 9.84 Å². The lowest BCUT2D eigenvalue weighted by atomic mass is 10.1. The van der Waals surface area contributed by atoms with Gasteiger partial charge in [-0.25, -0.2) is 9.78 Å². The van der Waals surface area contributed by atoms with E-state index in [4.69, 9.17) is 9.84 Å². The van der Waals surface area contributed by atoms with Crippen LogP contribution in [0.1, 0.15) is 16.8 Å². The zero-order chi connectivity index (χ0) is 20.5. The van der Waals surface area contributed by atoms with Crippen LogP contribution in [0.4, 0.5) is 13.2 Å². The van der Waals surface area contributed by atoms with Crippen molar-refractivity contribution in [3.63, 3.8) is 0 Å². The van der Waals surface area contributed by atoms with Crippen molar-refractivity contribution in [3.8, 4) is 23.0 Å². The fraction of sp³-hybridized carbons (Fsp3) is 0.200. The Morgan fingerprint density at radius 2 is 1.68 bits per heavy atom. The van der Waals surface area contributed by atoms with E-state index in [1.54, 1.807) is 62.4 Å². The molecular formula is C20H17F3N2O3. The predicted octanol–water partition coefficient (Wildman–Crippen LogP) is 4.64. The Morgan fingerprint density at radius 3 is 2.21 bits per heavy atom. The molecule has 0 atom stereocenters. The van der Waals surface area contributed by atoms with Crippen molar-refractivity contribution in [2.24, 2.45) is 0 Å². The minimum absolute atomic E-state index is 0.0192. The highest BCUT2D eigenvalue weighted by atomic mass is 19.4. The Balaban J connectivity index is 2.38. The van der Waals surface area contributed by atoms with Gasteiger partial charge in [-0.3, -0.25) is 4.57 Å². The molecule has 0 aliphatic heterocycles. The van der Waals surface area contributed by atoms with Crippen molar-refractivity contribution in [3.05, 3.63) is 65.4 Å². The van der Waals surface area contributed by atoms with E-state index in [2.05, 4.69) is 4.98 Å². The molecule has 0 aliphatic rings. The van der Waals surface area contributed by atoms with Crippen LogP contribution < -0.4 is 4.74 Å². The molecule has 0 spiro atoms. The molecule has 0 saturated carbocycles. The van der Waals surface area contributed by atoms with Gasteiger partial charge in [-0.1, -0.05) is 48.5 Å². The quantitative estimate of drug-likeness (QED) is 0.689. The first-order chi connectivity index (χ1) is 13.2. The number of carboxylic acids is 1. The van der Waals surface area contributed by atoms with Gasteiger partial charge in [0.15, 0.2) is 6.61 Å². The van der Waals surface area contributed by atoms with Gasteiger partial charge in [0.25, 0.3) is 0 Å². The molecule has 0 bridgehead atoms. The molecule has 5 nitrogen and oxygen atoms in total. The number of benzene rings is 2. The van der Waals surface area contributed by atoms with E-state index in [0.717, 1.165) is 0 Å². The minimum Gasteiger partial charge on any atom is -0.479 e. The maximum atomic E-state index is 13.7. The van der Waals surface area contributed by atoms with Crippen LogP contribution in [0.3, 0.4) is 0 Å². The van der Waals surface area contributed by atoms with Crippen LogP contribution in [0.2, 0.25) is 0 Å². The fourth-order valence-corrected chi connectivity index (χ4v) is 3.00. The second kappa shape index (κ2) is 7.38. The first-order valence-electron chi connectivity index (χ1n) is 8.36. The molecule has 0 saturated heterocycles. The summed E-state index contributed by atoms with van der Waals surface area (Å²) in [7, 11) is 0. The third-order valence-corrected chi connectivity index (χ3v) is 4.13. The second-order valence-electron chi connectivity index (χ2n) is 6.21. The second-order valence-corrected chi connectivity index (χ2v) is 6.21. The summed E-state index contributed by atoms with van der Waals surface area (Å²) in [5, 5.41) is 8.93. The van der Waals surface area contributed by atoms with Crippen molar-refractivity contribution in [1.29, 1.82) is 0 Å². The topological polar surface area (TPSA) is 64.4 Å². The van der Waals surface area contributed by atoms with E-state index in [-0.39, 0.29) is 5.82 Å². The molecule has 3 aromatic rings. The fourth-order valence-electron chi connectivity index (χ4n) is 3.00. The first kappa shape index (κ1) is 19.5. The Labute approximate surface area is 159 Å². The number of aliphatic carboxylic acids is 1. The molecule has 0 aliphatic carbocycles. The van der Waals surface area contributed by atoms with Gasteiger partial charge >= 0.3 is 12.1 Å². The van der Waals surface area contributed by atoms with Crippen molar-refractivity contribution in [1.82, 2.24) is 9.55 Å². The Bertz CT molecular complexity index is 991. The highest BCUT2D eigenvalue weighted by molar-refractivity contribution is 5.69. The zero-order valence-electron chi connectivity index (χ0n) is 15.1. The molecule has 1 aromatic heterocycles. The lowest BCUT2D eigenvalue weighted by Crippen LogP contribution is -2.16. The number of hydrogen-bond acceptors (Lipinski definition) is 3. The molecule has 0 radical (unpaired) electrons. The van der Waals surface area contributed by atoms with Gasteiger partial charge in [-0.2, -0.15) is 13.2 Å². The van der Waals surface area contributed by atoms with Crippen LogP contribution in [0.15, 0.2) is 48.5 Å². The van der Waals surface area contributed by atoms with Crippen LogP contribution in [-0.2, 0) is 11.0 Å². The molecule has 8 heteroatoms. The van der Waals surface area contributed by atoms with E-state index in [1.807, 2.05) is 0 Å². The van der Waals surface area contributed by atoms with E-state index < -0.39 is 30.3 Å². The first-order valence-corrected chi connectivity index (χ1v) is 8.36. The Hall–Kier alpha value is -3.29. The molecular weight excluding hydrogens is 373 g/mol. The number of alkyl halides is 3. The van der Waals surface area contributed by atoms with Gasteiger partial charge in [-0.15, -0.1) is 0 Å². The van der Waals surface area contributed by atoms with Gasteiger partial charge in [0.2, 0.25) is 11.6 Å². The van der Waals surface area contributed by atoms with Crippen molar-refractivity contribution < 1.29 is 27.8 Å². The summed E-state index contributed by atoms with van der Waals surface area (Å²) >= 11 is 0. The van der Waals surface area contributed by atoms with Crippen molar-refractivity contribution in [2.75, 3.05) is 6.61 Å².